The van der Waals surface area contributed by atoms with Crippen molar-refractivity contribution in [2.75, 3.05) is 19.6 Å². The molecule has 3 heteroatoms. The smallest absolute Gasteiger partial charge is 0.0476 e. The lowest BCUT2D eigenvalue weighted by Crippen LogP contribution is -2.35. The van der Waals surface area contributed by atoms with Crippen LogP contribution < -0.4 is 5.32 Å². The van der Waals surface area contributed by atoms with Crippen LogP contribution >= 0.6 is 11.3 Å². The molecule has 0 spiro atoms. The molecule has 0 saturated heterocycles. The fourth-order valence-corrected chi connectivity index (χ4v) is 3.32. The van der Waals surface area contributed by atoms with Crippen LogP contribution in [0.1, 0.15) is 36.8 Å². The highest BCUT2D eigenvalue weighted by Crippen LogP contribution is 2.23. The monoisotopic (exact) mass is 302 g/mol. The number of thiophene rings is 1. The Kier molecular flexibility index (Phi) is 6.93. The minimum absolute atomic E-state index is 0.435. The fourth-order valence-electron chi connectivity index (χ4n) is 2.59. The normalized spacial score (nSPS) is 12.7. The summed E-state index contributed by atoms with van der Waals surface area (Å²) in [5, 5.41) is 5.75. The Hall–Kier alpha value is -1.16. The summed E-state index contributed by atoms with van der Waals surface area (Å²) in [5.74, 6) is 0. The van der Waals surface area contributed by atoms with Crippen molar-refractivity contribution in [1.29, 1.82) is 0 Å². The number of hydrogen-bond donors (Lipinski definition) is 1. The van der Waals surface area contributed by atoms with Crippen molar-refractivity contribution in [2.24, 2.45) is 0 Å². The summed E-state index contributed by atoms with van der Waals surface area (Å²) in [6, 6.07) is 15.7. The second kappa shape index (κ2) is 8.98. The van der Waals surface area contributed by atoms with E-state index < -0.39 is 0 Å². The van der Waals surface area contributed by atoms with E-state index in [4.69, 9.17) is 0 Å². The molecule has 1 heterocycles. The first kappa shape index (κ1) is 16.2. The molecule has 0 aliphatic heterocycles. The molecule has 0 bridgehead atoms. The van der Waals surface area contributed by atoms with Gasteiger partial charge in [0.2, 0.25) is 0 Å². The summed E-state index contributed by atoms with van der Waals surface area (Å²) >= 11 is 1.85. The third-order valence-corrected chi connectivity index (χ3v) is 4.60. The van der Waals surface area contributed by atoms with E-state index in [0.29, 0.717) is 6.04 Å². The van der Waals surface area contributed by atoms with Crippen molar-refractivity contribution in [2.45, 2.75) is 32.9 Å². The standard InChI is InChI=1S/C18H26N2S/c1-3-12-19-14-18(16-9-6-5-7-10-16)20(4-2)15-17-11-8-13-21-17/h5-11,13,18-19H,3-4,12,14-15H2,1-2H3. The second-order valence-electron chi connectivity index (χ2n) is 5.27. The van der Waals surface area contributed by atoms with Crippen molar-refractivity contribution in [3.8, 4) is 0 Å². The van der Waals surface area contributed by atoms with Crippen molar-refractivity contribution in [3.63, 3.8) is 0 Å². The zero-order valence-electron chi connectivity index (χ0n) is 13.1. The summed E-state index contributed by atoms with van der Waals surface area (Å²) in [5.41, 5.74) is 1.40. The van der Waals surface area contributed by atoms with Crippen LogP contribution in [-0.4, -0.2) is 24.5 Å². The molecule has 21 heavy (non-hydrogen) atoms. The predicted octanol–water partition coefficient (Wildman–Crippen LogP) is 4.31. The maximum absolute atomic E-state index is 3.59. The highest BCUT2D eigenvalue weighted by atomic mass is 32.1. The quantitative estimate of drug-likeness (QED) is 0.694. The van der Waals surface area contributed by atoms with Crippen LogP contribution in [0.5, 0.6) is 0 Å². The van der Waals surface area contributed by atoms with Gasteiger partial charge in [0.1, 0.15) is 0 Å². The van der Waals surface area contributed by atoms with Gasteiger partial charge in [-0.05, 0) is 36.5 Å². The highest BCUT2D eigenvalue weighted by molar-refractivity contribution is 7.09. The third kappa shape index (κ3) is 4.95. The number of nitrogens with one attached hydrogen (secondary N) is 1. The zero-order chi connectivity index (χ0) is 14.9. The van der Waals surface area contributed by atoms with Crippen molar-refractivity contribution >= 4 is 11.3 Å². The summed E-state index contributed by atoms with van der Waals surface area (Å²) in [6.07, 6.45) is 1.18. The van der Waals surface area contributed by atoms with Gasteiger partial charge in [-0.2, -0.15) is 0 Å². The molecule has 2 rings (SSSR count). The molecule has 2 aromatic rings. The molecule has 0 amide bonds. The molecule has 114 valence electrons. The topological polar surface area (TPSA) is 15.3 Å². The minimum atomic E-state index is 0.435. The van der Waals surface area contributed by atoms with Gasteiger partial charge in [-0.15, -0.1) is 11.3 Å². The van der Waals surface area contributed by atoms with Crippen molar-refractivity contribution in [3.05, 3.63) is 58.3 Å². The summed E-state index contributed by atoms with van der Waals surface area (Å²) in [4.78, 5) is 4.00. The molecule has 1 aromatic heterocycles. The highest BCUT2D eigenvalue weighted by Gasteiger charge is 2.19. The van der Waals surface area contributed by atoms with E-state index in [1.807, 2.05) is 11.3 Å². The van der Waals surface area contributed by atoms with Gasteiger partial charge < -0.3 is 5.32 Å². The maximum Gasteiger partial charge on any atom is 0.0476 e. The van der Waals surface area contributed by atoms with Gasteiger partial charge in [0, 0.05) is 24.0 Å². The average Bonchev–Trinajstić information content (AvgIpc) is 3.04. The molecule has 0 radical (unpaired) electrons. The van der Waals surface area contributed by atoms with Crippen molar-refractivity contribution in [1.82, 2.24) is 10.2 Å². The molecule has 0 aliphatic carbocycles. The Labute approximate surface area is 132 Å². The van der Waals surface area contributed by atoms with E-state index in [1.54, 1.807) is 0 Å². The molecular weight excluding hydrogens is 276 g/mol. The molecule has 0 fully saturated rings. The van der Waals surface area contributed by atoms with Gasteiger partial charge in [-0.1, -0.05) is 50.2 Å². The third-order valence-electron chi connectivity index (χ3n) is 3.73. The first-order valence-corrected chi connectivity index (χ1v) is 8.75. The Balaban J connectivity index is 2.11. The Morgan fingerprint density at radius 3 is 2.52 bits per heavy atom. The Morgan fingerprint density at radius 1 is 1.10 bits per heavy atom. The van der Waals surface area contributed by atoms with E-state index >= 15 is 0 Å². The average molecular weight is 302 g/mol. The first-order valence-electron chi connectivity index (χ1n) is 7.87. The van der Waals surface area contributed by atoms with Crippen LogP contribution in [0.2, 0.25) is 0 Å². The largest absolute Gasteiger partial charge is 0.315 e. The van der Waals surface area contributed by atoms with Crippen LogP contribution in [0.3, 0.4) is 0 Å². The first-order chi connectivity index (χ1) is 10.3. The maximum atomic E-state index is 3.59. The zero-order valence-corrected chi connectivity index (χ0v) is 13.9. The SMILES string of the molecule is CCCNCC(c1ccccc1)N(CC)Cc1cccs1. The number of nitrogens with zero attached hydrogens (tertiary/aromatic N) is 1. The van der Waals surface area contributed by atoms with Crippen LogP contribution in [-0.2, 0) is 6.54 Å². The van der Waals surface area contributed by atoms with E-state index in [0.717, 1.165) is 26.2 Å². The number of rotatable bonds is 9. The lowest BCUT2D eigenvalue weighted by molar-refractivity contribution is 0.196. The Morgan fingerprint density at radius 2 is 1.90 bits per heavy atom. The summed E-state index contributed by atoms with van der Waals surface area (Å²) < 4.78 is 0. The minimum Gasteiger partial charge on any atom is -0.315 e. The predicted molar refractivity (Wildman–Crippen MR) is 92.7 cm³/mol. The fraction of sp³-hybridized carbons (Fsp3) is 0.444. The second-order valence-corrected chi connectivity index (χ2v) is 6.31. The van der Waals surface area contributed by atoms with Crippen molar-refractivity contribution < 1.29 is 0 Å². The Bertz CT molecular complexity index is 481. The molecule has 1 unspecified atom stereocenters. The van der Waals surface area contributed by atoms with Crippen LogP contribution in [0, 0.1) is 0 Å². The van der Waals surface area contributed by atoms with Gasteiger partial charge in [0.05, 0.1) is 0 Å². The van der Waals surface area contributed by atoms with E-state index in [9.17, 15) is 0 Å². The molecule has 0 aliphatic rings. The number of benzene rings is 1. The molecule has 1 aromatic carbocycles. The van der Waals surface area contributed by atoms with Gasteiger partial charge in [0.25, 0.3) is 0 Å². The summed E-state index contributed by atoms with van der Waals surface area (Å²) in [7, 11) is 0. The van der Waals surface area contributed by atoms with Gasteiger partial charge >= 0.3 is 0 Å². The molecule has 1 N–H and O–H groups in total. The lowest BCUT2D eigenvalue weighted by Gasteiger charge is -2.31. The van der Waals surface area contributed by atoms with Crippen LogP contribution in [0.4, 0.5) is 0 Å². The molecule has 0 saturated carbocycles. The van der Waals surface area contributed by atoms with Gasteiger partial charge in [-0.25, -0.2) is 0 Å². The lowest BCUT2D eigenvalue weighted by atomic mass is 10.0. The van der Waals surface area contributed by atoms with E-state index in [1.165, 1.54) is 16.9 Å². The molecule has 1 atom stereocenters. The summed E-state index contributed by atoms with van der Waals surface area (Å²) in [6.45, 7) is 8.65. The number of hydrogen-bond acceptors (Lipinski definition) is 3. The van der Waals surface area contributed by atoms with Crippen LogP contribution in [0.15, 0.2) is 47.8 Å². The molecule has 2 nitrogen and oxygen atoms in total. The van der Waals surface area contributed by atoms with E-state index in [-0.39, 0.29) is 0 Å². The number of likely N-dealkylation sites (N-methyl/N-ethyl adjacent to an activating group) is 1. The molecular formula is C18H26N2S. The van der Waals surface area contributed by atoms with E-state index in [2.05, 4.69) is 71.9 Å². The van der Waals surface area contributed by atoms with Crippen LogP contribution in [0.25, 0.3) is 0 Å². The van der Waals surface area contributed by atoms with Gasteiger partial charge in [-0.3, -0.25) is 4.90 Å². The van der Waals surface area contributed by atoms with Gasteiger partial charge in [0.15, 0.2) is 0 Å².